The first-order chi connectivity index (χ1) is 7.58. The van der Waals surface area contributed by atoms with E-state index in [1.165, 1.54) is 38.5 Å². The Morgan fingerprint density at radius 3 is 1.31 bits per heavy atom. The molecule has 2 rings (SSSR count). The largest absolute Gasteiger partial charge is 0.306 e. The molecule has 4 atom stereocenters. The Hall–Kier alpha value is -0.0800. The second-order valence-corrected chi connectivity index (χ2v) is 6.38. The van der Waals surface area contributed by atoms with Gasteiger partial charge in [0.2, 0.25) is 0 Å². The van der Waals surface area contributed by atoms with Crippen LogP contribution in [0.4, 0.5) is 0 Å². The fraction of sp³-hybridized carbons (Fsp3) is 1.00. The summed E-state index contributed by atoms with van der Waals surface area (Å²) in [7, 11) is 8.99. The van der Waals surface area contributed by atoms with Gasteiger partial charge in [-0.3, -0.25) is 0 Å². The van der Waals surface area contributed by atoms with Crippen molar-refractivity contribution in [3.63, 3.8) is 0 Å². The van der Waals surface area contributed by atoms with Crippen molar-refractivity contribution in [1.82, 2.24) is 9.80 Å². The molecular weight excluding hydrogens is 196 g/mol. The van der Waals surface area contributed by atoms with Gasteiger partial charge < -0.3 is 9.80 Å². The maximum absolute atomic E-state index is 2.44. The second-order valence-electron chi connectivity index (χ2n) is 6.38. The van der Waals surface area contributed by atoms with Crippen LogP contribution in [0.2, 0.25) is 0 Å². The molecule has 0 unspecified atom stereocenters. The van der Waals surface area contributed by atoms with Gasteiger partial charge in [0.15, 0.2) is 0 Å². The van der Waals surface area contributed by atoms with Gasteiger partial charge in [0.1, 0.15) is 0 Å². The molecule has 2 aliphatic carbocycles. The van der Waals surface area contributed by atoms with E-state index in [-0.39, 0.29) is 0 Å². The average molecular weight is 224 g/mol. The molecule has 0 spiro atoms. The van der Waals surface area contributed by atoms with Crippen LogP contribution in [0.25, 0.3) is 0 Å². The van der Waals surface area contributed by atoms with Crippen molar-refractivity contribution in [1.29, 1.82) is 0 Å². The highest BCUT2D eigenvalue weighted by atomic mass is 15.1. The Morgan fingerprint density at radius 2 is 1.00 bits per heavy atom. The summed E-state index contributed by atoms with van der Waals surface area (Å²) < 4.78 is 0. The predicted molar refractivity (Wildman–Crippen MR) is 69.6 cm³/mol. The van der Waals surface area contributed by atoms with Gasteiger partial charge in [0.05, 0.1) is 0 Å². The molecule has 2 fully saturated rings. The molecule has 0 aromatic heterocycles. The van der Waals surface area contributed by atoms with E-state index in [0.717, 1.165) is 23.9 Å². The lowest BCUT2D eigenvalue weighted by atomic mass is 9.67. The maximum Gasteiger partial charge on any atom is 0.00920 e. The third kappa shape index (κ3) is 2.60. The van der Waals surface area contributed by atoms with Crippen LogP contribution in [0, 0.1) is 11.8 Å². The van der Waals surface area contributed by atoms with Gasteiger partial charge >= 0.3 is 0 Å². The average Bonchev–Trinajstić information content (AvgIpc) is 2.27. The van der Waals surface area contributed by atoms with E-state index in [9.17, 15) is 0 Å². The Kier molecular flexibility index (Phi) is 3.91. The minimum absolute atomic E-state index is 0.858. The maximum atomic E-state index is 2.44. The topological polar surface area (TPSA) is 6.48 Å². The number of fused-ring (bicyclic) bond motifs is 1. The molecule has 0 heterocycles. The standard InChI is InChI=1S/C14H28N2/c1-15(2)13-7-5-12-10-14(16(3)4)8-6-11(12)9-13/h11-14H,5-10H2,1-4H3/t11-,12-,13-,14-/m1/s1. The first-order valence-corrected chi connectivity index (χ1v) is 6.90. The third-order valence-corrected chi connectivity index (χ3v) is 5.02. The van der Waals surface area contributed by atoms with Gasteiger partial charge in [-0.15, -0.1) is 0 Å². The smallest absolute Gasteiger partial charge is 0.00920 e. The summed E-state index contributed by atoms with van der Waals surface area (Å²) in [6, 6.07) is 1.72. The summed E-state index contributed by atoms with van der Waals surface area (Å²) >= 11 is 0. The molecule has 2 aliphatic rings. The fourth-order valence-electron chi connectivity index (χ4n) is 3.78. The molecule has 0 radical (unpaired) electrons. The summed E-state index contributed by atoms with van der Waals surface area (Å²) in [5.74, 6) is 2.05. The van der Waals surface area contributed by atoms with Crippen LogP contribution < -0.4 is 0 Å². The first-order valence-electron chi connectivity index (χ1n) is 6.90. The van der Waals surface area contributed by atoms with Gasteiger partial charge in [-0.05, 0) is 78.6 Å². The van der Waals surface area contributed by atoms with Crippen molar-refractivity contribution in [2.75, 3.05) is 28.2 Å². The lowest BCUT2D eigenvalue weighted by molar-refractivity contribution is 0.0638. The van der Waals surface area contributed by atoms with Crippen LogP contribution in [-0.4, -0.2) is 50.1 Å². The highest BCUT2D eigenvalue weighted by Gasteiger charge is 2.36. The Morgan fingerprint density at radius 1 is 0.625 bits per heavy atom. The van der Waals surface area contributed by atoms with E-state index in [1.54, 1.807) is 0 Å². The van der Waals surface area contributed by atoms with E-state index in [1.807, 2.05) is 0 Å². The first kappa shape index (κ1) is 12.4. The zero-order valence-corrected chi connectivity index (χ0v) is 11.4. The molecule has 2 heteroatoms. The highest BCUT2D eigenvalue weighted by molar-refractivity contribution is 4.90. The summed E-state index contributed by atoms with van der Waals surface area (Å²) in [5.41, 5.74) is 0. The molecule has 0 amide bonds. The molecular formula is C14H28N2. The minimum Gasteiger partial charge on any atom is -0.306 e. The van der Waals surface area contributed by atoms with Crippen LogP contribution in [0.1, 0.15) is 38.5 Å². The van der Waals surface area contributed by atoms with E-state index >= 15 is 0 Å². The van der Waals surface area contributed by atoms with Crippen molar-refractivity contribution in [3.8, 4) is 0 Å². The van der Waals surface area contributed by atoms with Gasteiger partial charge in [-0.25, -0.2) is 0 Å². The van der Waals surface area contributed by atoms with Crippen molar-refractivity contribution < 1.29 is 0 Å². The van der Waals surface area contributed by atoms with Gasteiger partial charge in [0, 0.05) is 12.1 Å². The summed E-state index contributed by atoms with van der Waals surface area (Å²) in [5, 5.41) is 0. The van der Waals surface area contributed by atoms with E-state index < -0.39 is 0 Å². The zero-order valence-electron chi connectivity index (χ0n) is 11.4. The van der Waals surface area contributed by atoms with Crippen molar-refractivity contribution >= 4 is 0 Å². The van der Waals surface area contributed by atoms with Crippen LogP contribution in [0.3, 0.4) is 0 Å². The third-order valence-electron chi connectivity index (χ3n) is 5.02. The number of hydrogen-bond acceptors (Lipinski definition) is 2. The lowest BCUT2D eigenvalue weighted by Crippen LogP contribution is -2.43. The fourth-order valence-corrected chi connectivity index (χ4v) is 3.78. The summed E-state index contributed by atoms with van der Waals surface area (Å²) in [6.07, 6.45) is 8.70. The summed E-state index contributed by atoms with van der Waals surface area (Å²) in [4.78, 5) is 4.88. The van der Waals surface area contributed by atoms with E-state index in [4.69, 9.17) is 0 Å². The molecule has 2 saturated carbocycles. The Balaban J connectivity index is 1.90. The molecule has 16 heavy (non-hydrogen) atoms. The zero-order chi connectivity index (χ0) is 11.7. The molecule has 94 valence electrons. The van der Waals surface area contributed by atoms with Crippen LogP contribution >= 0.6 is 0 Å². The molecule has 2 nitrogen and oxygen atoms in total. The van der Waals surface area contributed by atoms with Crippen LogP contribution in [0.5, 0.6) is 0 Å². The summed E-state index contributed by atoms with van der Waals surface area (Å²) in [6.45, 7) is 0. The Labute approximate surface area is 101 Å². The lowest BCUT2D eigenvalue weighted by Gasteiger charge is -2.45. The predicted octanol–water partition coefficient (Wildman–Crippen LogP) is 2.45. The van der Waals surface area contributed by atoms with Gasteiger partial charge in [-0.2, -0.15) is 0 Å². The molecule has 0 N–H and O–H groups in total. The number of nitrogens with zero attached hydrogens (tertiary/aromatic N) is 2. The van der Waals surface area contributed by atoms with Crippen LogP contribution in [-0.2, 0) is 0 Å². The molecule has 0 bridgehead atoms. The highest BCUT2D eigenvalue weighted by Crippen LogP contribution is 2.42. The minimum atomic E-state index is 0.858. The van der Waals surface area contributed by atoms with Crippen molar-refractivity contribution in [3.05, 3.63) is 0 Å². The van der Waals surface area contributed by atoms with Gasteiger partial charge in [0.25, 0.3) is 0 Å². The van der Waals surface area contributed by atoms with Gasteiger partial charge in [-0.1, -0.05) is 0 Å². The second kappa shape index (κ2) is 5.05. The molecule has 0 aliphatic heterocycles. The molecule has 0 aromatic rings. The van der Waals surface area contributed by atoms with Crippen molar-refractivity contribution in [2.24, 2.45) is 11.8 Å². The monoisotopic (exact) mass is 224 g/mol. The van der Waals surface area contributed by atoms with E-state index in [0.29, 0.717) is 0 Å². The Bertz CT molecular complexity index is 201. The molecule has 0 aromatic carbocycles. The normalized spacial score (nSPS) is 40.1. The molecule has 0 saturated heterocycles. The number of hydrogen-bond donors (Lipinski definition) is 0. The van der Waals surface area contributed by atoms with Crippen LogP contribution in [0.15, 0.2) is 0 Å². The quantitative estimate of drug-likeness (QED) is 0.711. The van der Waals surface area contributed by atoms with E-state index in [2.05, 4.69) is 38.0 Å². The van der Waals surface area contributed by atoms with Crippen molar-refractivity contribution in [2.45, 2.75) is 50.6 Å². The number of rotatable bonds is 2. The SMILES string of the molecule is CN(C)[C@@H]1CC[C@@H]2C[C@H](N(C)C)CC[C@@H]2C1.